The molecule has 178 valence electrons. The second-order valence-electron chi connectivity index (χ2n) is 7.43. The summed E-state index contributed by atoms with van der Waals surface area (Å²) < 4.78 is 73.7. The molecule has 0 aromatic heterocycles. The van der Waals surface area contributed by atoms with Crippen LogP contribution in [0.2, 0.25) is 0 Å². The Hall–Kier alpha value is -2.54. The first kappa shape index (κ1) is 25.7. The molecule has 2 atom stereocenters. The molecule has 0 amide bonds. The number of nitrogens with two attached hydrogens (primary N) is 2. The fourth-order valence-corrected chi connectivity index (χ4v) is 3.43. The Morgan fingerprint density at radius 1 is 0.750 bits per heavy atom. The Labute approximate surface area is 188 Å². The van der Waals surface area contributed by atoms with Gasteiger partial charge >= 0.3 is 0 Å². The predicted molar refractivity (Wildman–Crippen MR) is 123 cm³/mol. The fraction of sp³-hybridized carbons (Fsp3) is 0.400. The first-order valence-electron chi connectivity index (χ1n) is 9.76. The van der Waals surface area contributed by atoms with E-state index in [0.717, 1.165) is 11.1 Å². The van der Waals surface area contributed by atoms with Crippen molar-refractivity contribution in [3.63, 3.8) is 0 Å². The third-order valence-corrected chi connectivity index (χ3v) is 7.45. The maximum absolute atomic E-state index is 11.1. The third-order valence-electron chi connectivity index (χ3n) is 4.94. The van der Waals surface area contributed by atoms with E-state index in [9.17, 15) is 16.8 Å². The van der Waals surface area contributed by atoms with Gasteiger partial charge in [-0.15, -0.1) is 0 Å². The van der Waals surface area contributed by atoms with Gasteiger partial charge in [0.2, 0.25) is 0 Å². The lowest BCUT2D eigenvalue weighted by Crippen LogP contribution is -2.19. The molecule has 0 aliphatic rings. The highest BCUT2D eigenvalue weighted by Gasteiger charge is 2.18. The minimum atomic E-state index is -4.13. The van der Waals surface area contributed by atoms with Crippen molar-refractivity contribution in [3.8, 4) is 22.6 Å². The van der Waals surface area contributed by atoms with Gasteiger partial charge in [0.25, 0.3) is 20.2 Å². The molecule has 0 heterocycles. The number of nitrogen functional groups attached to an aromatic ring is 2. The Balaban J connectivity index is 2.12. The van der Waals surface area contributed by atoms with E-state index in [1.54, 1.807) is 36.4 Å². The molecule has 0 aliphatic carbocycles. The van der Waals surface area contributed by atoms with Gasteiger partial charge in [0.05, 0.1) is 35.1 Å². The number of rotatable bonds is 11. The largest absolute Gasteiger partial charge is 0.491 e. The number of ether oxygens (including phenoxy) is 2. The maximum Gasteiger partial charge on any atom is 0.267 e. The molecule has 0 radical (unpaired) electrons. The summed E-state index contributed by atoms with van der Waals surface area (Å²) in [7, 11) is -8.27. The predicted octanol–water partition coefficient (Wildman–Crippen LogP) is 2.61. The molecule has 0 fully saturated rings. The first-order chi connectivity index (χ1) is 14.8. The van der Waals surface area contributed by atoms with Crippen molar-refractivity contribution in [2.45, 2.75) is 37.2 Å². The van der Waals surface area contributed by atoms with Crippen LogP contribution in [0.25, 0.3) is 11.1 Å². The van der Waals surface area contributed by atoms with Crippen LogP contribution in [0.5, 0.6) is 11.5 Å². The van der Waals surface area contributed by atoms with E-state index in [1.807, 2.05) is 0 Å². The summed E-state index contributed by atoms with van der Waals surface area (Å²) in [4.78, 5) is 0. The third kappa shape index (κ3) is 7.26. The number of hydrogen-bond acceptors (Lipinski definition) is 8. The normalized spacial score (nSPS) is 14.0. The Morgan fingerprint density at radius 2 is 1.09 bits per heavy atom. The monoisotopic (exact) mass is 488 g/mol. The highest BCUT2D eigenvalue weighted by Crippen LogP contribution is 2.33. The zero-order valence-electron chi connectivity index (χ0n) is 17.8. The summed E-state index contributed by atoms with van der Waals surface area (Å²) in [5.74, 6) is 0.706. The summed E-state index contributed by atoms with van der Waals surface area (Å²) >= 11 is 0. The van der Waals surface area contributed by atoms with Crippen molar-refractivity contribution in [2.24, 2.45) is 0 Å². The van der Waals surface area contributed by atoms with Gasteiger partial charge in [-0.25, -0.2) is 0 Å². The average Bonchev–Trinajstić information content (AvgIpc) is 2.69. The van der Waals surface area contributed by atoms with E-state index < -0.39 is 30.7 Å². The van der Waals surface area contributed by atoms with Gasteiger partial charge in [-0.3, -0.25) is 9.11 Å². The summed E-state index contributed by atoms with van der Waals surface area (Å²) in [5.41, 5.74) is 14.1. The molecule has 0 aliphatic heterocycles. The molecule has 0 bridgehead atoms. The molecule has 6 N–H and O–H groups in total. The highest BCUT2D eigenvalue weighted by atomic mass is 32.2. The lowest BCUT2D eigenvalue weighted by atomic mass is 10.0. The fourth-order valence-electron chi connectivity index (χ4n) is 2.65. The summed E-state index contributed by atoms with van der Waals surface area (Å²) in [6, 6.07) is 10.2. The molecule has 2 rings (SSSR count). The summed E-state index contributed by atoms with van der Waals surface area (Å²) in [6.07, 6.45) is 0.175. The molecular formula is C20H28N2O8S2. The molecule has 2 aromatic carbocycles. The summed E-state index contributed by atoms with van der Waals surface area (Å²) in [5, 5.41) is -1.93. The Bertz CT molecular complexity index is 1060. The van der Waals surface area contributed by atoms with Gasteiger partial charge in [0.1, 0.15) is 11.5 Å². The van der Waals surface area contributed by atoms with Crippen LogP contribution in [0.4, 0.5) is 11.4 Å². The van der Waals surface area contributed by atoms with Crippen LogP contribution < -0.4 is 20.9 Å². The van der Waals surface area contributed by atoms with Crippen LogP contribution in [0.3, 0.4) is 0 Å². The minimum absolute atomic E-state index is 0.0384. The van der Waals surface area contributed by atoms with E-state index in [4.69, 9.17) is 30.0 Å². The van der Waals surface area contributed by atoms with E-state index in [0.29, 0.717) is 22.9 Å². The van der Waals surface area contributed by atoms with Crippen molar-refractivity contribution >= 4 is 31.6 Å². The standard InChI is InChI=1S/C20H28N2O8S2/c1-13(31(23,24)25)7-9-29-19-11-15(3-5-17(19)21)16-4-6-18(22)20(12-16)30-10-8-14(2)32(26,27)28/h3-6,11-14H,7-10,21-22H2,1-2H3,(H,23,24,25)(H,26,27,28). The molecule has 12 heteroatoms. The second-order valence-corrected chi connectivity index (χ2v) is 11.1. The van der Waals surface area contributed by atoms with Gasteiger partial charge in [0.15, 0.2) is 0 Å². The van der Waals surface area contributed by atoms with Crippen LogP contribution in [0.1, 0.15) is 26.7 Å². The van der Waals surface area contributed by atoms with Gasteiger partial charge in [-0.1, -0.05) is 12.1 Å². The lowest BCUT2D eigenvalue weighted by Gasteiger charge is -2.15. The lowest BCUT2D eigenvalue weighted by molar-refractivity contribution is 0.308. The molecule has 0 saturated carbocycles. The first-order valence-corrected chi connectivity index (χ1v) is 12.8. The smallest absolute Gasteiger partial charge is 0.267 e. The van der Waals surface area contributed by atoms with Crippen molar-refractivity contribution in [1.29, 1.82) is 0 Å². The van der Waals surface area contributed by atoms with Crippen molar-refractivity contribution in [2.75, 3.05) is 24.7 Å². The van der Waals surface area contributed by atoms with Crippen LogP contribution in [-0.2, 0) is 20.2 Å². The Kier molecular flexibility index (Phi) is 8.35. The molecular weight excluding hydrogens is 460 g/mol. The topological polar surface area (TPSA) is 179 Å². The number of hydrogen-bond donors (Lipinski definition) is 4. The van der Waals surface area contributed by atoms with E-state index in [-0.39, 0.29) is 26.1 Å². The van der Waals surface area contributed by atoms with Gasteiger partial charge < -0.3 is 20.9 Å². The maximum atomic E-state index is 11.1. The van der Waals surface area contributed by atoms with Crippen LogP contribution in [0, 0.1) is 0 Å². The van der Waals surface area contributed by atoms with Gasteiger partial charge in [0, 0.05) is 12.8 Å². The van der Waals surface area contributed by atoms with Crippen LogP contribution >= 0.6 is 0 Å². The quantitative estimate of drug-likeness (QED) is 0.271. The van der Waals surface area contributed by atoms with Crippen molar-refractivity contribution in [3.05, 3.63) is 36.4 Å². The second kappa shape index (κ2) is 10.4. The zero-order chi connectivity index (χ0) is 24.1. The van der Waals surface area contributed by atoms with E-state index in [1.165, 1.54) is 13.8 Å². The van der Waals surface area contributed by atoms with Crippen molar-refractivity contribution in [1.82, 2.24) is 0 Å². The van der Waals surface area contributed by atoms with Crippen LogP contribution in [-0.4, -0.2) is 49.7 Å². The molecule has 10 nitrogen and oxygen atoms in total. The molecule has 2 aromatic rings. The zero-order valence-corrected chi connectivity index (χ0v) is 19.4. The van der Waals surface area contributed by atoms with E-state index in [2.05, 4.69) is 0 Å². The molecule has 0 saturated heterocycles. The highest BCUT2D eigenvalue weighted by molar-refractivity contribution is 7.86. The minimum Gasteiger partial charge on any atom is -0.491 e. The Morgan fingerprint density at radius 3 is 1.41 bits per heavy atom. The molecule has 32 heavy (non-hydrogen) atoms. The molecule has 0 spiro atoms. The van der Waals surface area contributed by atoms with E-state index >= 15 is 0 Å². The molecule has 2 unspecified atom stereocenters. The summed E-state index contributed by atoms with van der Waals surface area (Å²) in [6.45, 7) is 2.84. The van der Waals surface area contributed by atoms with Gasteiger partial charge in [-0.2, -0.15) is 16.8 Å². The number of anilines is 2. The van der Waals surface area contributed by atoms with Crippen LogP contribution in [0.15, 0.2) is 36.4 Å². The average molecular weight is 489 g/mol. The van der Waals surface area contributed by atoms with Gasteiger partial charge in [-0.05, 0) is 49.2 Å². The number of benzene rings is 2. The van der Waals surface area contributed by atoms with Crippen molar-refractivity contribution < 1.29 is 35.4 Å². The SMILES string of the molecule is CC(CCOc1cc(-c2ccc(N)c(OCCC(C)S(=O)(=O)O)c2)ccc1N)S(=O)(=O)O.